The SMILES string of the molecule is C[C@@H](NC(=O)C12C[C@@H]3C[C@@H](C1)CC(c1ccc([N+](=O)[O-])cc1)(C3)C2)[C@H]1C[C@@H]2CC[C@@H]1C2. The fourth-order valence-corrected chi connectivity index (χ4v) is 9.18. The van der Waals surface area contributed by atoms with Gasteiger partial charge in [-0.25, -0.2) is 0 Å². The molecule has 6 saturated carbocycles. The quantitative estimate of drug-likeness (QED) is 0.512. The van der Waals surface area contributed by atoms with Gasteiger partial charge >= 0.3 is 0 Å². The average Bonchev–Trinajstić information content (AvgIpc) is 3.36. The third-order valence-electron chi connectivity index (χ3n) is 10.0. The van der Waals surface area contributed by atoms with Crippen molar-refractivity contribution in [2.45, 2.75) is 82.6 Å². The van der Waals surface area contributed by atoms with Gasteiger partial charge < -0.3 is 5.32 Å². The zero-order valence-corrected chi connectivity index (χ0v) is 18.5. The highest BCUT2D eigenvalue weighted by Crippen LogP contribution is 2.66. The molecule has 31 heavy (non-hydrogen) atoms. The number of carbonyl (C=O) groups excluding carboxylic acids is 1. The van der Waals surface area contributed by atoms with Crippen LogP contribution in [-0.2, 0) is 10.2 Å². The second kappa shape index (κ2) is 6.79. The van der Waals surface area contributed by atoms with Crippen molar-refractivity contribution in [2.75, 3.05) is 0 Å². The smallest absolute Gasteiger partial charge is 0.269 e. The van der Waals surface area contributed by atoms with Crippen LogP contribution in [0.3, 0.4) is 0 Å². The number of hydrogen-bond acceptors (Lipinski definition) is 3. The molecule has 6 aliphatic rings. The Hall–Kier alpha value is -1.91. The Morgan fingerprint density at radius 3 is 2.32 bits per heavy atom. The van der Waals surface area contributed by atoms with Gasteiger partial charge in [0.15, 0.2) is 0 Å². The molecule has 0 heterocycles. The van der Waals surface area contributed by atoms with Crippen LogP contribution in [0.2, 0.25) is 0 Å². The lowest BCUT2D eigenvalue weighted by Gasteiger charge is -2.61. The third kappa shape index (κ3) is 3.06. The summed E-state index contributed by atoms with van der Waals surface area (Å²) in [5.74, 6) is 3.92. The van der Waals surface area contributed by atoms with Crippen molar-refractivity contribution >= 4 is 11.6 Å². The van der Waals surface area contributed by atoms with Crippen molar-refractivity contribution in [1.82, 2.24) is 5.32 Å². The summed E-state index contributed by atoms with van der Waals surface area (Å²) in [5, 5.41) is 14.6. The number of amides is 1. The van der Waals surface area contributed by atoms with E-state index in [-0.39, 0.29) is 27.5 Å². The molecule has 6 fully saturated rings. The van der Waals surface area contributed by atoms with E-state index < -0.39 is 0 Å². The lowest BCUT2D eigenvalue weighted by atomic mass is 9.42. The highest BCUT2D eigenvalue weighted by Gasteiger charge is 2.61. The highest BCUT2D eigenvalue weighted by atomic mass is 16.6. The molecular weight excluding hydrogens is 388 g/mol. The maximum atomic E-state index is 13.8. The number of hydrogen-bond donors (Lipinski definition) is 1. The minimum Gasteiger partial charge on any atom is -0.353 e. The summed E-state index contributed by atoms with van der Waals surface area (Å²) < 4.78 is 0. The number of rotatable bonds is 5. The van der Waals surface area contributed by atoms with Gasteiger partial charge in [0.1, 0.15) is 0 Å². The van der Waals surface area contributed by atoms with Crippen LogP contribution in [0.25, 0.3) is 0 Å². The second-order valence-electron chi connectivity index (χ2n) is 11.9. The summed E-state index contributed by atoms with van der Waals surface area (Å²) in [7, 11) is 0. The van der Waals surface area contributed by atoms with E-state index in [0.29, 0.717) is 23.7 Å². The van der Waals surface area contributed by atoms with E-state index >= 15 is 0 Å². The molecule has 6 bridgehead atoms. The first kappa shape index (κ1) is 19.8. The third-order valence-corrected chi connectivity index (χ3v) is 10.0. The minimum atomic E-state index is -0.324. The molecule has 0 aliphatic heterocycles. The fourth-order valence-electron chi connectivity index (χ4n) is 9.18. The lowest BCUT2D eigenvalue weighted by Crippen LogP contribution is -2.60. The van der Waals surface area contributed by atoms with Gasteiger partial charge in [0.05, 0.1) is 10.3 Å². The van der Waals surface area contributed by atoms with Gasteiger partial charge in [-0.3, -0.25) is 14.9 Å². The first-order valence-corrected chi connectivity index (χ1v) is 12.4. The zero-order valence-electron chi connectivity index (χ0n) is 18.5. The molecular formula is C26H34N2O3. The molecule has 7 rings (SSSR count). The largest absolute Gasteiger partial charge is 0.353 e. The molecule has 0 unspecified atom stereocenters. The average molecular weight is 423 g/mol. The predicted octanol–water partition coefficient (Wildman–Crippen LogP) is 5.37. The molecule has 0 aromatic heterocycles. The zero-order chi connectivity index (χ0) is 21.4. The van der Waals surface area contributed by atoms with Gasteiger partial charge in [-0.15, -0.1) is 0 Å². The van der Waals surface area contributed by atoms with E-state index in [1.807, 2.05) is 12.1 Å². The van der Waals surface area contributed by atoms with Crippen LogP contribution in [0, 0.1) is 45.1 Å². The number of nitrogens with zero attached hydrogens (tertiary/aromatic N) is 1. The van der Waals surface area contributed by atoms with Crippen LogP contribution in [0.1, 0.15) is 76.7 Å². The van der Waals surface area contributed by atoms with Crippen LogP contribution >= 0.6 is 0 Å². The summed E-state index contributed by atoms with van der Waals surface area (Å²) in [4.78, 5) is 24.6. The number of nitro benzene ring substituents is 1. The summed E-state index contributed by atoms with van der Waals surface area (Å²) in [5.41, 5.74) is 1.15. The molecule has 1 aromatic rings. The first-order valence-electron chi connectivity index (χ1n) is 12.4. The van der Waals surface area contributed by atoms with Crippen LogP contribution in [0.5, 0.6) is 0 Å². The summed E-state index contributed by atoms with van der Waals surface area (Å²) in [6, 6.07) is 7.52. The van der Waals surface area contributed by atoms with Crippen LogP contribution in [0.4, 0.5) is 5.69 Å². The first-order chi connectivity index (χ1) is 14.9. The van der Waals surface area contributed by atoms with Gasteiger partial charge in [0, 0.05) is 18.2 Å². The number of carbonyl (C=O) groups is 1. The van der Waals surface area contributed by atoms with Crippen molar-refractivity contribution < 1.29 is 9.72 Å². The summed E-state index contributed by atoms with van der Waals surface area (Å²) >= 11 is 0. The van der Waals surface area contributed by atoms with Gasteiger partial charge in [-0.2, -0.15) is 0 Å². The van der Waals surface area contributed by atoms with E-state index in [1.54, 1.807) is 12.1 Å². The maximum absolute atomic E-state index is 13.8. The Morgan fingerprint density at radius 2 is 1.74 bits per heavy atom. The number of nitrogens with one attached hydrogen (secondary N) is 1. The second-order valence-corrected chi connectivity index (χ2v) is 11.9. The lowest BCUT2D eigenvalue weighted by molar-refractivity contribution is -0.384. The molecule has 1 aromatic carbocycles. The molecule has 0 saturated heterocycles. The number of nitro groups is 1. The molecule has 1 amide bonds. The van der Waals surface area contributed by atoms with Gasteiger partial charge in [-0.1, -0.05) is 18.6 Å². The Kier molecular flexibility index (Phi) is 4.33. The predicted molar refractivity (Wildman–Crippen MR) is 118 cm³/mol. The molecule has 6 aliphatic carbocycles. The van der Waals surface area contributed by atoms with Crippen molar-refractivity contribution in [3.63, 3.8) is 0 Å². The molecule has 0 radical (unpaired) electrons. The van der Waals surface area contributed by atoms with Gasteiger partial charge in [-0.05, 0) is 105 Å². The number of non-ortho nitro benzene ring substituents is 1. The van der Waals surface area contributed by atoms with Crippen LogP contribution in [0.15, 0.2) is 24.3 Å². The summed E-state index contributed by atoms with van der Waals surface area (Å²) in [6.07, 6.45) is 11.9. The van der Waals surface area contributed by atoms with Crippen molar-refractivity contribution in [3.05, 3.63) is 39.9 Å². The molecule has 0 spiro atoms. The van der Waals surface area contributed by atoms with Crippen LogP contribution < -0.4 is 5.32 Å². The van der Waals surface area contributed by atoms with E-state index in [0.717, 1.165) is 43.9 Å². The van der Waals surface area contributed by atoms with Crippen LogP contribution in [-0.4, -0.2) is 16.9 Å². The standard InChI is InChI=1S/C26H34N2O3/c1-16(23-10-17-2-3-20(23)9-17)27-24(29)26-13-18-8-19(14-26)12-25(11-18,15-26)21-4-6-22(7-5-21)28(30)31/h4-7,16-20,23H,2-3,8-15H2,1H3,(H,27,29)/t16-,17-,18-,19-,20-,23-,25?,26?/m1/s1. The molecule has 1 N–H and O–H groups in total. The number of fused-ring (bicyclic) bond motifs is 2. The van der Waals surface area contributed by atoms with Crippen molar-refractivity contribution in [2.24, 2.45) is 35.0 Å². The molecule has 5 nitrogen and oxygen atoms in total. The fraction of sp³-hybridized carbons (Fsp3) is 0.731. The maximum Gasteiger partial charge on any atom is 0.269 e. The van der Waals surface area contributed by atoms with E-state index in [2.05, 4.69) is 12.2 Å². The number of benzene rings is 1. The topological polar surface area (TPSA) is 72.2 Å². The molecule has 5 heteroatoms. The Morgan fingerprint density at radius 1 is 1.03 bits per heavy atom. The van der Waals surface area contributed by atoms with Crippen molar-refractivity contribution in [3.8, 4) is 0 Å². The van der Waals surface area contributed by atoms with Gasteiger partial charge in [0.25, 0.3) is 5.69 Å². The normalized spacial score (nSPS) is 43.2. The van der Waals surface area contributed by atoms with E-state index in [9.17, 15) is 14.9 Å². The Labute approximate surface area is 184 Å². The summed E-state index contributed by atoms with van der Waals surface area (Å²) in [6.45, 7) is 2.25. The van der Waals surface area contributed by atoms with Gasteiger partial charge in [0.2, 0.25) is 5.91 Å². The minimum absolute atomic E-state index is 0.0201. The monoisotopic (exact) mass is 422 g/mol. The molecule has 166 valence electrons. The Bertz CT molecular complexity index is 896. The van der Waals surface area contributed by atoms with E-state index in [1.165, 1.54) is 37.7 Å². The van der Waals surface area contributed by atoms with Crippen molar-refractivity contribution in [1.29, 1.82) is 0 Å². The Balaban J connectivity index is 1.24. The van der Waals surface area contributed by atoms with E-state index in [4.69, 9.17) is 0 Å². The molecule has 6 atom stereocenters. The highest BCUT2D eigenvalue weighted by molar-refractivity contribution is 5.84.